The average molecular weight is 294 g/mol. The smallest absolute Gasteiger partial charge is 0.303 e. The van der Waals surface area contributed by atoms with Gasteiger partial charge >= 0.3 is 5.97 Å². The third kappa shape index (κ3) is 4.67. The second-order valence-electron chi connectivity index (χ2n) is 6.21. The molecule has 0 saturated carbocycles. The first-order valence-electron chi connectivity index (χ1n) is 8.18. The van der Waals surface area contributed by atoms with Crippen LogP contribution in [0.15, 0.2) is 12.2 Å². The van der Waals surface area contributed by atoms with Crippen LogP contribution in [0.4, 0.5) is 0 Å². The van der Waals surface area contributed by atoms with Crippen molar-refractivity contribution in [3.8, 4) is 0 Å². The van der Waals surface area contributed by atoms with Crippen LogP contribution >= 0.6 is 0 Å². The predicted octanol–water partition coefficient (Wildman–Crippen LogP) is 3.35. The topological polar surface area (TPSA) is 63.6 Å². The van der Waals surface area contributed by atoms with Gasteiger partial charge in [-0.05, 0) is 56.8 Å². The quantitative estimate of drug-likeness (QED) is 0.381. The first-order chi connectivity index (χ1) is 10.2. The molecule has 2 saturated heterocycles. The number of aliphatic carboxylic acids is 1. The van der Waals surface area contributed by atoms with E-state index in [1.54, 1.807) is 0 Å². The van der Waals surface area contributed by atoms with E-state index in [0.717, 1.165) is 32.0 Å². The normalized spacial score (nSPS) is 31.0. The largest absolute Gasteiger partial charge is 0.481 e. The SMILES string of the molecule is O=CCCC[C@H]1[C@@H](CC=CCCCC(=O)O)[C@H]2CC[C@@H]1O2. The predicted molar refractivity (Wildman–Crippen MR) is 80.0 cm³/mol. The molecule has 0 aromatic rings. The number of hydrogen-bond donors (Lipinski definition) is 1. The van der Waals surface area contributed by atoms with Crippen LogP contribution in [0, 0.1) is 11.8 Å². The summed E-state index contributed by atoms with van der Waals surface area (Å²) in [6.07, 6.45) is 14.0. The van der Waals surface area contributed by atoms with E-state index in [2.05, 4.69) is 12.2 Å². The molecule has 2 bridgehead atoms. The number of carboxylic acid groups (broad SMARTS) is 1. The first kappa shape index (κ1) is 16.2. The van der Waals surface area contributed by atoms with Crippen molar-refractivity contribution in [3.05, 3.63) is 12.2 Å². The molecule has 4 nitrogen and oxygen atoms in total. The van der Waals surface area contributed by atoms with E-state index in [0.29, 0.717) is 36.9 Å². The molecule has 0 unspecified atom stereocenters. The van der Waals surface area contributed by atoms with Gasteiger partial charge in [-0.3, -0.25) is 4.79 Å². The number of carbonyl (C=O) groups excluding carboxylic acids is 1. The number of rotatable bonds is 10. The van der Waals surface area contributed by atoms with Crippen LogP contribution < -0.4 is 0 Å². The molecule has 2 rings (SSSR count). The van der Waals surface area contributed by atoms with E-state index in [4.69, 9.17) is 9.84 Å². The Hall–Kier alpha value is -1.16. The Morgan fingerprint density at radius 2 is 1.86 bits per heavy atom. The maximum Gasteiger partial charge on any atom is 0.303 e. The van der Waals surface area contributed by atoms with Gasteiger partial charge < -0.3 is 14.6 Å². The van der Waals surface area contributed by atoms with Crippen LogP contribution in [0.25, 0.3) is 0 Å². The number of fused-ring (bicyclic) bond motifs is 2. The van der Waals surface area contributed by atoms with E-state index >= 15 is 0 Å². The summed E-state index contributed by atoms with van der Waals surface area (Å²) in [7, 11) is 0. The molecule has 4 heteroatoms. The lowest BCUT2D eigenvalue weighted by molar-refractivity contribution is -0.137. The molecular weight excluding hydrogens is 268 g/mol. The summed E-state index contributed by atoms with van der Waals surface area (Å²) in [5, 5.41) is 8.59. The molecule has 21 heavy (non-hydrogen) atoms. The van der Waals surface area contributed by atoms with Gasteiger partial charge in [0.15, 0.2) is 0 Å². The number of hydrogen-bond acceptors (Lipinski definition) is 3. The van der Waals surface area contributed by atoms with Gasteiger partial charge in [-0.15, -0.1) is 0 Å². The number of carboxylic acids is 1. The van der Waals surface area contributed by atoms with Gasteiger partial charge in [-0.1, -0.05) is 12.2 Å². The van der Waals surface area contributed by atoms with Gasteiger partial charge in [0.1, 0.15) is 6.29 Å². The first-order valence-corrected chi connectivity index (χ1v) is 8.18. The van der Waals surface area contributed by atoms with E-state index in [1.807, 2.05) is 0 Å². The van der Waals surface area contributed by atoms with Crippen molar-refractivity contribution in [3.63, 3.8) is 0 Å². The Morgan fingerprint density at radius 1 is 1.10 bits per heavy atom. The zero-order valence-corrected chi connectivity index (χ0v) is 12.6. The van der Waals surface area contributed by atoms with Crippen LogP contribution in [-0.2, 0) is 14.3 Å². The fraction of sp³-hybridized carbons (Fsp3) is 0.765. The number of ether oxygens (including phenoxy) is 1. The van der Waals surface area contributed by atoms with Gasteiger partial charge in [-0.25, -0.2) is 0 Å². The summed E-state index contributed by atoms with van der Waals surface area (Å²) < 4.78 is 6.04. The summed E-state index contributed by atoms with van der Waals surface area (Å²) in [4.78, 5) is 20.9. The molecule has 4 atom stereocenters. The minimum atomic E-state index is -0.722. The van der Waals surface area contributed by atoms with E-state index in [9.17, 15) is 9.59 Å². The van der Waals surface area contributed by atoms with Crippen molar-refractivity contribution in [1.29, 1.82) is 0 Å². The molecule has 118 valence electrons. The number of unbranched alkanes of at least 4 members (excludes halogenated alkanes) is 2. The Morgan fingerprint density at radius 3 is 2.57 bits per heavy atom. The van der Waals surface area contributed by atoms with Crippen molar-refractivity contribution in [1.82, 2.24) is 0 Å². The van der Waals surface area contributed by atoms with Crippen LogP contribution in [0.3, 0.4) is 0 Å². The maximum atomic E-state index is 10.5. The lowest BCUT2D eigenvalue weighted by atomic mass is 9.75. The summed E-state index contributed by atoms with van der Waals surface area (Å²) >= 11 is 0. The van der Waals surface area contributed by atoms with Crippen molar-refractivity contribution in [2.45, 2.75) is 70.0 Å². The second-order valence-corrected chi connectivity index (χ2v) is 6.21. The second kappa shape index (κ2) is 8.32. The zero-order valence-electron chi connectivity index (χ0n) is 12.6. The van der Waals surface area contributed by atoms with Gasteiger partial charge in [-0.2, -0.15) is 0 Å². The molecule has 0 aliphatic carbocycles. The molecule has 0 radical (unpaired) electrons. The Kier molecular flexibility index (Phi) is 6.43. The summed E-state index contributed by atoms with van der Waals surface area (Å²) in [6.45, 7) is 0. The third-order valence-corrected chi connectivity index (χ3v) is 4.79. The van der Waals surface area contributed by atoms with E-state index in [-0.39, 0.29) is 6.42 Å². The van der Waals surface area contributed by atoms with E-state index < -0.39 is 5.97 Å². The van der Waals surface area contributed by atoms with Crippen molar-refractivity contribution in [2.24, 2.45) is 11.8 Å². The highest BCUT2D eigenvalue weighted by molar-refractivity contribution is 5.66. The molecule has 0 amide bonds. The highest BCUT2D eigenvalue weighted by Crippen LogP contribution is 2.47. The molecular formula is C17H26O4. The van der Waals surface area contributed by atoms with Gasteiger partial charge in [0.2, 0.25) is 0 Å². The van der Waals surface area contributed by atoms with Crippen molar-refractivity contribution < 1.29 is 19.4 Å². The number of aldehydes is 1. The zero-order chi connectivity index (χ0) is 15.1. The number of carbonyl (C=O) groups is 2. The van der Waals surface area contributed by atoms with Gasteiger partial charge in [0, 0.05) is 12.8 Å². The lowest BCUT2D eigenvalue weighted by Gasteiger charge is -2.27. The molecule has 1 N–H and O–H groups in total. The minimum Gasteiger partial charge on any atom is -0.481 e. The van der Waals surface area contributed by atoms with Crippen LogP contribution in [-0.4, -0.2) is 29.6 Å². The van der Waals surface area contributed by atoms with Crippen molar-refractivity contribution >= 4 is 12.3 Å². The fourth-order valence-electron chi connectivity index (χ4n) is 3.78. The lowest BCUT2D eigenvalue weighted by Crippen LogP contribution is -2.26. The standard InChI is InChI=1S/C17H26O4/c18-12-6-5-8-14-13(15-10-11-16(14)21-15)7-3-1-2-4-9-17(19)20/h1,3,12-16H,2,4-11H2,(H,19,20)/t13-,14+,15-,16+/m1/s1. The Balaban J connectivity index is 1.73. The molecule has 2 aliphatic heterocycles. The van der Waals surface area contributed by atoms with Crippen molar-refractivity contribution in [2.75, 3.05) is 0 Å². The van der Waals surface area contributed by atoms with Crippen LogP contribution in [0.2, 0.25) is 0 Å². The maximum absolute atomic E-state index is 10.5. The van der Waals surface area contributed by atoms with Gasteiger partial charge in [0.25, 0.3) is 0 Å². The molecule has 2 fully saturated rings. The molecule has 2 heterocycles. The summed E-state index contributed by atoms with van der Waals surface area (Å²) in [6, 6.07) is 0. The molecule has 0 aromatic carbocycles. The third-order valence-electron chi connectivity index (χ3n) is 4.79. The Labute approximate surface area is 126 Å². The molecule has 0 spiro atoms. The Bertz CT molecular complexity index is 377. The number of allylic oxidation sites excluding steroid dienone is 2. The fourth-order valence-corrected chi connectivity index (χ4v) is 3.78. The molecule has 0 aromatic heterocycles. The molecule has 2 aliphatic rings. The van der Waals surface area contributed by atoms with E-state index in [1.165, 1.54) is 12.8 Å². The highest BCUT2D eigenvalue weighted by atomic mass is 16.5. The summed E-state index contributed by atoms with van der Waals surface area (Å²) in [5.41, 5.74) is 0. The van der Waals surface area contributed by atoms with Gasteiger partial charge in [0.05, 0.1) is 12.2 Å². The average Bonchev–Trinajstić information content (AvgIpc) is 3.04. The van der Waals surface area contributed by atoms with Crippen LogP contribution in [0.1, 0.15) is 57.8 Å². The minimum absolute atomic E-state index is 0.246. The summed E-state index contributed by atoms with van der Waals surface area (Å²) in [5.74, 6) is 0.471. The highest BCUT2D eigenvalue weighted by Gasteiger charge is 2.47. The van der Waals surface area contributed by atoms with Crippen LogP contribution in [0.5, 0.6) is 0 Å². The monoisotopic (exact) mass is 294 g/mol.